The van der Waals surface area contributed by atoms with E-state index in [2.05, 4.69) is 25.8 Å². The van der Waals surface area contributed by atoms with Gasteiger partial charge in [0, 0.05) is 18.6 Å². The molecular weight excluding hydrogens is 243 g/mol. The predicted octanol–water partition coefficient (Wildman–Crippen LogP) is 3.16. The molecule has 16 heavy (non-hydrogen) atoms. The molecule has 1 aromatic carbocycles. The van der Waals surface area contributed by atoms with Crippen LogP contribution in [0.4, 0.5) is 0 Å². The van der Waals surface area contributed by atoms with Crippen LogP contribution in [-0.4, -0.2) is 24.0 Å². The summed E-state index contributed by atoms with van der Waals surface area (Å²) < 4.78 is 0. The highest BCUT2D eigenvalue weighted by molar-refractivity contribution is 6.42. The first-order valence-electron chi connectivity index (χ1n) is 5.22. The van der Waals surface area contributed by atoms with Gasteiger partial charge in [-0.25, -0.2) is 0 Å². The van der Waals surface area contributed by atoms with Crippen LogP contribution in [0.5, 0.6) is 0 Å². The van der Waals surface area contributed by atoms with Gasteiger partial charge in [0.15, 0.2) is 0 Å². The van der Waals surface area contributed by atoms with Gasteiger partial charge in [-0.2, -0.15) is 0 Å². The Morgan fingerprint density at radius 3 is 2.38 bits per heavy atom. The average Bonchev–Trinajstić information content (AvgIpc) is 2.23. The predicted molar refractivity (Wildman–Crippen MR) is 71.1 cm³/mol. The molecular formula is C12H18Cl2N2. The van der Waals surface area contributed by atoms with Crippen LogP contribution < -0.4 is 5.73 Å². The van der Waals surface area contributed by atoms with Crippen molar-refractivity contribution in [2.75, 3.05) is 13.6 Å². The van der Waals surface area contributed by atoms with Crippen LogP contribution in [0.25, 0.3) is 0 Å². The second-order valence-electron chi connectivity index (χ2n) is 4.62. The van der Waals surface area contributed by atoms with Gasteiger partial charge in [-0.15, -0.1) is 0 Å². The minimum Gasteiger partial charge on any atom is -0.329 e. The molecule has 0 fully saturated rings. The van der Waals surface area contributed by atoms with Crippen molar-refractivity contribution in [3.8, 4) is 0 Å². The minimum atomic E-state index is -0.0217. The summed E-state index contributed by atoms with van der Waals surface area (Å²) in [5, 5.41) is 1.18. The molecule has 0 saturated carbocycles. The summed E-state index contributed by atoms with van der Waals surface area (Å²) in [5.74, 6) is 0. The molecule has 0 saturated heterocycles. The number of likely N-dealkylation sites (N-methyl/N-ethyl adjacent to an activating group) is 1. The lowest BCUT2D eigenvalue weighted by atomic mass is 10.0. The van der Waals surface area contributed by atoms with E-state index in [1.165, 1.54) is 0 Å². The summed E-state index contributed by atoms with van der Waals surface area (Å²) in [7, 11) is 2.05. The monoisotopic (exact) mass is 260 g/mol. The molecule has 0 spiro atoms. The fourth-order valence-corrected chi connectivity index (χ4v) is 1.60. The van der Waals surface area contributed by atoms with E-state index in [0.29, 0.717) is 16.6 Å². The van der Waals surface area contributed by atoms with Crippen LogP contribution in [0, 0.1) is 0 Å². The van der Waals surface area contributed by atoms with E-state index in [0.717, 1.165) is 12.1 Å². The zero-order chi connectivity index (χ0) is 12.3. The molecule has 2 nitrogen and oxygen atoms in total. The molecule has 0 aromatic heterocycles. The van der Waals surface area contributed by atoms with Crippen molar-refractivity contribution in [1.82, 2.24) is 4.90 Å². The zero-order valence-corrected chi connectivity index (χ0v) is 11.4. The van der Waals surface area contributed by atoms with Crippen LogP contribution in [0.15, 0.2) is 18.2 Å². The van der Waals surface area contributed by atoms with E-state index in [1.807, 2.05) is 18.2 Å². The fraction of sp³-hybridized carbons (Fsp3) is 0.500. The lowest BCUT2D eigenvalue weighted by Gasteiger charge is -2.34. The van der Waals surface area contributed by atoms with Gasteiger partial charge in [-0.05, 0) is 38.6 Å². The fourth-order valence-electron chi connectivity index (χ4n) is 1.28. The van der Waals surface area contributed by atoms with Crippen LogP contribution in [0.2, 0.25) is 10.0 Å². The summed E-state index contributed by atoms with van der Waals surface area (Å²) in [5.41, 5.74) is 6.84. The van der Waals surface area contributed by atoms with Gasteiger partial charge in [0.2, 0.25) is 0 Å². The van der Waals surface area contributed by atoms with Crippen molar-refractivity contribution in [3.05, 3.63) is 33.8 Å². The maximum absolute atomic E-state index is 5.97. The molecule has 0 aliphatic carbocycles. The van der Waals surface area contributed by atoms with E-state index >= 15 is 0 Å². The number of nitrogens with two attached hydrogens (primary N) is 1. The largest absolute Gasteiger partial charge is 0.329 e. The molecule has 2 N–H and O–H groups in total. The number of hydrogen-bond donors (Lipinski definition) is 1. The van der Waals surface area contributed by atoms with E-state index in [1.54, 1.807) is 0 Å². The van der Waals surface area contributed by atoms with Crippen molar-refractivity contribution >= 4 is 23.2 Å². The van der Waals surface area contributed by atoms with E-state index in [9.17, 15) is 0 Å². The second-order valence-corrected chi connectivity index (χ2v) is 5.44. The third-order valence-corrected chi connectivity index (χ3v) is 3.68. The normalized spacial score (nSPS) is 12.2. The third kappa shape index (κ3) is 3.36. The van der Waals surface area contributed by atoms with Crippen LogP contribution >= 0.6 is 23.2 Å². The number of hydrogen-bond acceptors (Lipinski definition) is 2. The average molecular weight is 261 g/mol. The van der Waals surface area contributed by atoms with Crippen LogP contribution in [-0.2, 0) is 6.54 Å². The van der Waals surface area contributed by atoms with E-state index < -0.39 is 0 Å². The topological polar surface area (TPSA) is 29.3 Å². The number of rotatable bonds is 4. The van der Waals surface area contributed by atoms with Gasteiger partial charge < -0.3 is 5.73 Å². The zero-order valence-electron chi connectivity index (χ0n) is 9.93. The summed E-state index contributed by atoms with van der Waals surface area (Å²) in [6.07, 6.45) is 0. The summed E-state index contributed by atoms with van der Waals surface area (Å²) in [6.45, 7) is 5.65. The Bertz CT molecular complexity index is 364. The molecule has 0 aliphatic rings. The lowest BCUT2D eigenvalue weighted by molar-refractivity contribution is 0.156. The molecule has 0 amide bonds. The number of benzene rings is 1. The Balaban J connectivity index is 2.77. The summed E-state index contributed by atoms with van der Waals surface area (Å²) in [6, 6.07) is 5.70. The number of halogens is 2. The van der Waals surface area contributed by atoms with Gasteiger partial charge in [0.25, 0.3) is 0 Å². The molecule has 4 heteroatoms. The Morgan fingerprint density at radius 2 is 1.88 bits per heavy atom. The maximum atomic E-state index is 5.97. The van der Waals surface area contributed by atoms with Gasteiger partial charge in [-0.1, -0.05) is 29.3 Å². The highest BCUT2D eigenvalue weighted by atomic mass is 35.5. The van der Waals surface area contributed by atoms with Crippen molar-refractivity contribution in [1.29, 1.82) is 0 Å². The first kappa shape index (κ1) is 13.8. The van der Waals surface area contributed by atoms with Crippen LogP contribution in [0.3, 0.4) is 0 Å². The van der Waals surface area contributed by atoms with Crippen molar-refractivity contribution in [3.63, 3.8) is 0 Å². The Labute approximate surface area is 107 Å². The van der Waals surface area contributed by atoms with Gasteiger partial charge >= 0.3 is 0 Å². The molecule has 90 valence electrons. The molecule has 0 heterocycles. The highest BCUT2D eigenvalue weighted by Crippen LogP contribution is 2.24. The summed E-state index contributed by atoms with van der Waals surface area (Å²) >= 11 is 11.8. The van der Waals surface area contributed by atoms with E-state index in [4.69, 9.17) is 28.9 Å². The highest BCUT2D eigenvalue weighted by Gasteiger charge is 2.21. The molecule has 0 bridgehead atoms. The molecule has 0 aliphatic heterocycles. The minimum absolute atomic E-state index is 0.0217. The first-order valence-corrected chi connectivity index (χ1v) is 5.97. The second kappa shape index (κ2) is 5.37. The Kier molecular flexibility index (Phi) is 4.62. The number of nitrogens with zero attached hydrogens (tertiary/aromatic N) is 1. The van der Waals surface area contributed by atoms with Crippen molar-refractivity contribution in [2.45, 2.75) is 25.9 Å². The first-order chi connectivity index (χ1) is 7.36. The smallest absolute Gasteiger partial charge is 0.0595 e. The van der Waals surface area contributed by atoms with Gasteiger partial charge in [0.1, 0.15) is 0 Å². The summed E-state index contributed by atoms with van der Waals surface area (Å²) in [4.78, 5) is 2.20. The molecule has 0 atom stereocenters. The van der Waals surface area contributed by atoms with Crippen LogP contribution in [0.1, 0.15) is 19.4 Å². The quantitative estimate of drug-likeness (QED) is 0.902. The van der Waals surface area contributed by atoms with Gasteiger partial charge in [0.05, 0.1) is 10.0 Å². The molecule has 1 aromatic rings. The SMILES string of the molecule is CN(Cc1ccc(Cl)c(Cl)c1)C(C)(C)CN. The van der Waals surface area contributed by atoms with E-state index in [-0.39, 0.29) is 5.54 Å². The molecule has 0 radical (unpaired) electrons. The Hall–Kier alpha value is -0.280. The maximum Gasteiger partial charge on any atom is 0.0595 e. The molecule has 0 unspecified atom stereocenters. The van der Waals surface area contributed by atoms with Crippen molar-refractivity contribution < 1.29 is 0 Å². The molecule has 1 rings (SSSR count). The van der Waals surface area contributed by atoms with Crippen molar-refractivity contribution in [2.24, 2.45) is 5.73 Å². The van der Waals surface area contributed by atoms with Gasteiger partial charge in [-0.3, -0.25) is 4.90 Å². The lowest BCUT2D eigenvalue weighted by Crippen LogP contribution is -2.46. The standard InChI is InChI=1S/C12H18Cl2N2/c1-12(2,8-15)16(3)7-9-4-5-10(13)11(14)6-9/h4-6H,7-8,15H2,1-3H3. The Morgan fingerprint density at radius 1 is 1.25 bits per heavy atom. The third-order valence-electron chi connectivity index (χ3n) is 2.94.